The third-order valence-corrected chi connectivity index (χ3v) is 1.28. The van der Waals surface area contributed by atoms with Crippen molar-refractivity contribution >= 4 is 5.69 Å². The molecule has 0 bridgehead atoms. The molecule has 0 fully saturated rings. The van der Waals surface area contributed by atoms with Crippen LogP contribution in [0.25, 0.3) is 0 Å². The summed E-state index contributed by atoms with van der Waals surface area (Å²) in [4.78, 5) is 6.87. The highest BCUT2D eigenvalue weighted by molar-refractivity contribution is 5.51. The molecule has 1 heterocycles. The first-order valence-corrected chi connectivity index (χ1v) is 3.09. The van der Waals surface area contributed by atoms with Gasteiger partial charge >= 0.3 is 0 Å². The summed E-state index contributed by atoms with van der Waals surface area (Å²) in [5, 5.41) is 0. The molecule has 0 amide bonds. The van der Waals surface area contributed by atoms with Gasteiger partial charge in [0.15, 0.2) is 0 Å². The molecule has 1 rings (SSSR count). The summed E-state index contributed by atoms with van der Waals surface area (Å²) >= 11 is 0. The third-order valence-electron chi connectivity index (χ3n) is 1.28. The van der Waals surface area contributed by atoms with Crippen LogP contribution in [0, 0.1) is 0 Å². The Morgan fingerprint density at radius 2 is 2.17 bits per heavy atom. The van der Waals surface area contributed by atoms with Crippen LogP contribution >= 0.6 is 0 Å². The van der Waals surface area contributed by atoms with Crippen molar-refractivity contribution in [2.75, 3.05) is 12.8 Å². The molecule has 0 aliphatic carbocycles. The predicted molar refractivity (Wildman–Crippen MR) is 38.0 cm³/mol. The van der Waals surface area contributed by atoms with Crippen LogP contribution < -0.4 is 10.5 Å². The highest BCUT2D eigenvalue weighted by Crippen LogP contribution is 2.27. The van der Waals surface area contributed by atoms with Crippen LogP contribution in [-0.2, 0) is 0 Å². The van der Waals surface area contributed by atoms with Gasteiger partial charge in [-0.15, -0.1) is 0 Å². The molecule has 12 heavy (non-hydrogen) atoms. The maximum atomic E-state index is 12.1. The minimum absolute atomic E-state index is 0.0275. The van der Waals surface area contributed by atoms with Crippen LogP contribution in [0.3, 0.4) is 0 Å². The van der Waals surface area contributed by atoms with Gasteiger partial charge in [-0.2, -0.15) is 4.98 Å². The van der Waals surface area contributed by atoms with E-state index in [0.717, 1.165) is 6.33 Å². The number of hydrogen-bond donors (Lipinski definition) is 1. The van der Waals surface area contributed by atoms with E-state index in [1.807, 2.05) is 0 Å². The van der Waals surface area contributed by atoms with Gasteiger partial charge in [-0.3, -0.25) is 0 Å². The fraction of sp³-hybridized carbons (Fsp3) is 0.333. The summed E-state index contributed by atoms with van der Waals surface area (Å²) in [5.74, 6) is -0.0275. The molecule has 66 valence electrons. The van der Waals surface area contributed by atoms with Gasteiger partial charge in [-0.1, -0.05) is 0 Å². The Bertz CT molecular complexity index is 279. The van der Waals surface area contributed by atoms with Crippen LogP contribution in [0.1, 0.15) is 12.1 Å². The molecule has 0 atom stereocenters. The minimum atomic E-state index is -2.71. The average Bonchev–Trinajstić information content (AvgIpc) is 2.04. The molecule has 0 unspecified atom stereocenters. The Morgan fingerprint density at radius 3 is 2.67 bits per heavy atom. The zero-order valence-corrected chi connectivity index (χ0v) is 6.29. The standard InChI is InChI=1S/C6H7F2N3O/c1-12-6-3(9)4(5(7)8)10-2-11-6/h2,5H,9H2,1H3. The first-order chi connectivity index (χ1) is 5.66. The van der Waals surface area contributed by atoms with Crippen molar-refractivity contribution < 1.29 is 13.5 Å². The van der Waals surface area contributed by atoms with Crippen molar-refractivity contribution in [2.24, 2.45) is 0 Å². The molecule has 0 saturated carbocycles. The molecule has 6 heteroatoms. The number of nitrogens with two attached hydrogens (primary N) is 1. The van der Waals surface area contributed by atoms with Gasteiger partial charge in [0.25, 0.3) is 6.43 Å². The van der Waals surface area contributed by atoms with Gasteiger partial charge < -0.3 is 10.5 Å². The maximum absolute atomic E-state index is 12.1. The number of nitrogen functional groups attached to an aromatic ring is 1. The summed E-state index contributed by atoms with van der Waals surface area (Å²) in [7, 11) is 1.30. The summed E-state index contributed by atoms with van der Waals surface area (Å²) in [6, 6.07) is 0. The van der Waals surface area contributed by atoms with Crippen molar-refractivity contribution in [2.45, 2.75) is 6.43 Å². The van der Waals surface area contributed by atoms with E-state index in [9.17, 15) is 8.78 Å². The second-order valence-corrected chi connectivity index (χ2v) is 1.98. The monoisotopic (exact) mass is 175 g/mol. The summed E-state index contributed by atoms with van der Waals surface area (Å²) in [5.41, 5.74) is 4.55. The van der Waals surface area contributed by atoms with E-state index in [1.54, 1.807) is 0 Å². The van der Waals surface area contributed by atoms with Crippen molar-refractivity contribution in [1.82, 2.24) is 9.97 Å². The van der Waals surface area contributed by atoms with Gasteiger partial charge in [-0.05, 0) is 0 Å². The Kier molecular flexibility index (Phi) is 2.37. The molecular weight excluding hydrogens is 168 g/mol. The molecular formula is C6H7F2N3O. The molecule has 1 aromatic rings. The van der Waals surface area contributed by atoms with Crippen molar-refractivity contribution in [3.8, 4) is 5.88 Å². The average molecular weight is 175 g/mol. The number of anilines is 1. The van der Waals surface area contributed by atoms with E-state index in [0.29, 0.717) is 0 Å². The number of alkyl halides is 2. The molecule has 2 N–H and O–H groups in total. The number of ether oxygens (including phenoxy) is 1. The Hall–Kier alpha value is -1.46. The van der Waals surface area contributed by atoms with Gasteiger partial charge in [-0.25, -0.2) is 13.8 Å². The lowest BCUT2D eigenvalue weighted by Gasteiger charge is -2.05. The van der Waals surface area contributed by atoms with Gasteiger partial charge in [0.05, 0.1) is 7.11 Å². The fourth-order valence-electron chi connectivity index (χ4n) is 0.729. The van der Waals surface area contributed by atoms with Gasteiger partial charge in [0, 0.05) is 0 Å². The molecule has 0 saturated heterocycles. The largest absolute Gasteiger partial charge is 0.479 e. The number of rotatable bonds is 2. The zero-order chi connectivity index (χ0) is 9.14. The van der Waals surface area contributed by atoms with E-state index in [1.165, 1.54) is 7.11 Å². The number of hydrogen-bond acceptors (Lipinski definition) is 4. The molecule has 0 spiro atoms. The number of methoxy groups -OCH3 is 1. The fourth-order valence-corrected chi connectivity index (χ4v) is 0.729. The normalized spacial score (nSPS) is 10.3. The van der Waals surface area contributed by atoms with Gasteiger partial charge in [0.2, 0.25) is 5.88 Å². The summed E-state index contributed by atoms with van der Waals surface area (Å²) in [6.07, 6.45) is -1.72. The van der Waals surface area contributed by atoms with E-state index in [4.69, 9.17) is 5.73 Å². The van der Waals surface area contributed by atoms with Crippen LogP contribution in [0.5, 0.6) is 5.88 Å². The van der Waals surface area contributed by atoms with Crippen molar-refractivity contribution in [1.29, 1.82) is 0 Å². The number of nitrogens with zero attached hydrogens (tertiary/aromatic N) is 2. The zero-order valence-electron chi connectivity index (χ0n) is 6.29. The second-order valence-electron chi connectivity index (χ2n) is 1.98. The quantitative estimate of drug-likeness (QED) is 0.728. The van der Waals surface area contributed by atoms with Gasteiger partial charge in [0.1, 0.15) is 17.7 Å². The molecule has 0 radical (unpaired) electrons. The first kappa shape index (κ1) is 8.63. The highest BCUT2D eigenvalue weighted by atomic mass is 19.3. The second kappa shape index (κ2) is 3.29. The molecule has 0 aromatic carbocycles. The number of aromatic nitrogens is 2. The van der Waals surface area contributed by atoms with E-state index in [2.05, 4.69) is 14.7 Å². The van der Waals surface area contributed by atoms with Crippen LogP contribution in [0.4, 0.5) is 14.5 Å². The third kappa shape index (κ3) is 1.41. The lowest BCUT2D eigenvalue weighted by molar-refractivity contribution is 0.146. The highest BCUT2D eigenvalue weighted by Gasteiger charge is 2.16. The Morgan fingerprint density at radius 1 is 1.50 bits per heavy atom. The van der Waals surface area contributed by atoms with Crippen LogP contribution in [0.15, 0.2) is 6.33 Å². The predicted octanol–water partition coefficient (Wildman–Crippen LogP) is 1.00. The lowest BCUT2D eigenvalue weighted by Crippen LogP contribution is -2.03. The van der Waals surface area contributed by atoms with E-state index < -0.39 is 12.1 Å². The summed E-state index contributed by atoms with van der Waals surface area (Å²) in [6.45, 7) is 0. The topological polar surface area (TPSA) is 61.0 Å². The van der Waals surface area contributed by atoms with Crippen molar-refractivity contribution in [3.63, 3.8) is 0 Å². The van der Waals surface area contributed by atoms with E-state index in [-0.39, 0.29) is 11.6 Å². The molecule has 1 aromatic heterocycles. The maximum Gasteiger partial charge on any atom is 0.282 e. The first-order valence-electron chi connectivity index (χ1n) is 3.09. The smallest absolute Gasteiger partial charge is 0.282 e. The Balaban J connectivity index is 3.14. The van der Waals surface area contributed by atoms with Crippen molar-refractivity contribution in [3.05, 3.63) is 12.0 Å². The summed E-state index contributed by atoms with van der Waals surface area (Å²) < 4.78 is 28.9. The lowest BCUT2D eigenvalue weighted by atomic mass is 10.3. The minimum Gasteiger partial charge on any atom is -0.479 e. The SMILES string of the molecule is COc1ncnc(C(F)F)c1N. The number of halogens is 2. The van der Waals surface area contributed by atoms with Crippen LogP contribution in [0.2, 0.25) is 0 Å². The van der Waals surface area contributed by atoms with Crippen LogP contribution in [-0.4, -0.2) is 17.1 Å². The molecule has 0 aliphatic rings. The molecule has 0 aliphatic heterocycles. The Labute approximate surface area is 67.4 Å². The molecule has 4 nitrogen and oxygen atoms in total. The van der Waals surface area contributed by atoms with E-state index >= 15 is 0 Å².